The van der Waals surface area contributed by atoms with Crippen molar-refractivity contribution in [1.29, 1.82) is 0 Å². The van der Waals surface area contributed by atoms with Crippen LogP contribution < -0.4 is 4.74 Å². The fourth-order valence-corrected chi connectivity index (χ4v) is 4.34. The predicted octanol–water partition coefficient (Wildman–Crippen LogP) is 7.50. The van der Waals surface area contributed by atoms with E-state index in [1.54, 1.807) is 6.92 Å². The molecule has 0 amide bonds. The van der Waals surface area contributed by atoms with Gasteiger partial charge >= 0.3 is 0 Å². The molecule has 0 atom stereocenters. The van der Waals surface area contributed by atoms with Gasteiger partial charge in [-0.2, -0.15) is 4.39 Å². The van der Waals surface area contributed by atoms with Crippen LogP contribution in [0.5, 0.6) is 5.75 Å². The highest BCUT2D eigenvalue weighted by Gasteiger charge is 2.22. The molecule has 3 heteroatoms. The van der Waals surface area contributed by atoms with Crippen molar-refractivity contribution in [2.45, 2.75) is 58.3 Å². The second kappa shape index (κ2) is 9.36. The Labute approximate surface area is 167 Å². The van der Waals surface area contributed by atoms with Crippen LogP contribution in [0.2, 0.25) is 0 Å². The Kier molecular flexibility index (Phi) is 6.88. The van der Waals surface area contributed by atoms with Gasteiger partial charge in [0.1, 0.15) is 0 Å². The van der Waals surface area contributed by atoms with Crippen LogP contribution in [0.3, 0.4) is 0 Å². The van der Waals surface area contributed by atoms with E-state index in [1.165, 1.54) is 56.2 Å². The summed E-state index contributed by atoms with van der Waals surface area (Å²) in [5, 5.41) is 0. The number of ether oxygens (including phenoxy) is 1. The maximum absolute atomic E-state index is 14.5. The number of hydrogen-bond acceptors (Lipinski definition) is 1. The molecule has 2 aromatic rings. The molecule has 1 fully saturated rings. The fraction of sp³-hybridized carbons (Fsp3) is 0.440. The number of halogens is 2. The summed E-state index contributed by atoms with van der Waals surface area (Å²) in [5.41, 5.74) is 2.81. The first-order valence-electron chi connectivity index (χ1n) is 10.5. The topological polar surface area (TPSA) is 9.23 Å². The first kappa shape index (κ1) is 20.6. The highest BCUT2D eigenvalue weighted by molar-refractivity contribution is 5.78. The summed E-state index contributed by atoms with van der Waals surface area (Å²) in [6, 6.07) is 11.2. The number of benzene rings is 2. The second-order valence-corrected chi connectivity index (χ2v) is 7.78. The molecule has 1 aliphatic rings. The van der Waals surface area contributed by atoms with Crippen molar-refractivity contribution < 1.29 is 13.5 Å². The van der Waals surface area contributed by atoms with Crippen molar-refractivity contribution in [3.05, 3.63) is 71.3 Å². The highest BCUT2D eigenvalue weighted by Crippen LogP contribution is 2.38. The van der Waals surface area contributed by atoms with Crippen molar-refractivity contribution >= 4 is 5.57 Å². The predicted molar refractivity (Wildman–Crippen MR) is 112 cm³/mol. The molecule has 0 radical (unpaired) electrons. The molecule has 0 heterocycles. The number of rotatable bonds is 7. The van der Waals surface area contributed by atoms with E-state index in [9.17, 15) is 8.78 Å². The maximum atomic E-state index is 14.5. The van der Waals surface area contributed by atoms with Crippen LogP contribution in [0.1, 0.15) is 75.0 Å². The van der Waals surface area contributed by atoms with Crippen molar-refractivity contribution in [3.8, 4) is 5.75 Å². The lowest BCUT2D eigenvalue weighted by molar-refractivity contribution is 0.308. The molecule has 0 unspecified atom stereocenters. The average Bonchev–Trinajstić information content (AvgIpc) is 2.72. The largest absolute Gasteiger partial charge is 0.491 e. The minimum atomic E-state index is -0.957. The Hall–Kier alpha value is -2.16. The quantitative estimate of drug-likeness (QED) is 0.480. The van der Waals surface area contributed by atoms with Crippen molar-refractivity contribution in [3.63, 3.8) is 0 Å². The maximum Gasteiger partial charge on any atom is 0.201 e. The molecular weight excluding hydrogens is 354 g/mol. The molecule has 28 heavy (non-hydrogen) atoms. The zero-order valence-corrected chi connectivity index (χ0v) is 16.9. The molecule has 1 nitrogen and oxygen atoms in total. The SMILES string of the molecule is C=C(c1ccc(C2CCC(CCC)CC2)cc1)c1ccc(OCC)c(F)c1F. The molecule has 1 saturated carbocycles. The zero-order valence-electron chi connectivity index (χ0n) is 16.9. The van der Waals surface area contributed by atoms with E-state index in [0.29, 0.717) is 18.1 Å². The van der Waals surface area contributed by atoms with Crippen LogP contribution in [0, 0.1) is 17.6 Å². The van der Waals surface area contributed by atoms with E-state index in [1.807, 2.05) is 12.1 Å². The highest BCUT2D eigenvalue weighted by atomic mass is 19.2. The van der Waals surface area contributed by atoms with Crippen molar-refractivity contribution in [2.24, 2.45) is 5.92 Å². The normalized spacial score (nSPS) is 19.4. The van der Waals surface area contributed by atoms with Gasteiger partial charge in [0.2, 0.25) is 5.82 Å². The molecule has 150 valence electrons. The van der Waals surface area contributed by atoms with Gasteiger partial charge in [-0.3, -0.25) is 0 Å². The Morgan fingerprint density at radius 2 is 1.64 bits per heavy atom. The zero-order chi connectivity index (χ0) is 20.1. The third-order valence-electron chi connectivity index (χ3n) is 5.95. The molecular formula is C25H30F2O. The van der Waals surface area contributed by atoms with Crippen molar-refractivity contribution in [1.82, 2.24) is 0 Å². The Balaban J connectivity index is 1.72. The fourth-order valence-electron chi connectivity index (χ4n) is 4.34. The minimum Gasteiger partial charge on any atom is -0.491 e. The summed E-state index contributed by atoms with van der Waals surface area (Å²) in [6.45, 7) is 8.29. The van der Waals surface area contributed by atoms with Gasteiger partial charge in [-0.15, -0.1) is 0 Å². The summed E-state index contributed by atoms with van der Waals surface area (Å²) >= 11 is 0. The lowest BCUT2D eigenvalue weighted by atomic mass is 9.77. The summed E-state index contributed by atoms with van der Waals surface area (Å²) in [6.07, 6.45) is 7.71. The van der Waals surface area contributed by atoms with Gasteiger partial charge in [-0.05, 0) is 73.3 Å². The van der Waals surface area contributed by atoms with E-state index in [2.05, 4.69) is 25.6 Å². The van der Waals surface area contributed by atoms with Crippen LogP contribution in [-0.2, 0) is 0 Å². The lowest BCUT2D eigenvalue weighted by Gasteiger charge is -2.28. The van der Waals surface area contributed by atoms with Crippen LogP contribution >= 0.6 is 0 Å². The molecule has 0 bridgehead atoms. The van der Waals surface area contributed by atoms with Gasteiger partial charge in [-0.1, -0.05) is 50.6 Å². The monoisotopic (exact) mass is 384 g/mol. The standard InChI is InChI=1S/C25H30F2O/c1-4-6-18-7-9-20(10-8-18)21-13-11-19(12-14-21)17(3)22-15-16-23(28-5-2)25(27)24(22)26/h11-16,18,20H,3-10H2,1-2H3. The molecule has 0 aliphatic heterocycles. The van der Waals surface area contributed by atoms with Gasteiger partial charge in [0, 0.05) is 5.56 Å². The molecule has 1 aliphatic carbocycles. The van der Waals surface area contributed by atoms with Gasteiger partial charge in [0.05, 0.1) is 6.61 Å². The molecule has 0 aromatic heterocycles. The number of hydrogen-bond donors (Lipinski definition) is 0. The van der Waals surface area contributed by atoms with Gasteiger partial charge in [-0.25, -0.2) is 4.39 Å². The average molecular weight is 385 g/mol. The van der Waals surface area contributed by atoms with Gasteiger partial charge in [0.25, 0.3) is 0 Å². The van der Waals surface area contributed by atoms with Gasteiger partial charge < -0.3 is 4.74 Å². The van der Waals surface area contributed by atoms with Crippen LogP contribution in [0.4, 0.5) is 8.78 Å². The molecule has 2 aromatic carbocycles. The summed E-state index contributed by atoms with van der Waals surface area (Å²) < 4.78 is 33.8. The summed E-state index contributed by atoms with van der Waals surface area (Å²) in [4.78, 5) is 0. The summed E-state index contributed by atoms with van der Waals surface area (Å²) in [5.74, 6) is -0.436. The molecule has 0 spiro atoms. The second-order valence-electron chi connectivity index (χ2n) is 7.78. The molecule has 0 N–H and O–H groups in total. The Morgan fingerprint density at radius 3 is 2.25 bits per heavy atom. The third kappa shape index (κ3) is 4.45. The first-order valence-corrected chi connectivity index (χ1v) is 10.5. The van der Waals surface area contributed by atoms with E-state index in [4.69, 9.17) is 4.74 Å². The van der Waals surface area contributed by atoms with Gasteiger partial charge in [0.15, 0.2) is 11.6 Å². The third-order valence-corrected chi connectivity index (χ3v) is 5.95. The molecule has 3 rings (SSSR count). The first-order chi connectivity index (χ1) is 13.5. The Bertz CT molecular complexity index is 802. The molecule has 0 saturated heterocycles. The minimum absolute atomic E-state index is 0.0643. The van der Waals surface area contributed by atoms with Crippen LogP contribution in [-0.4, -0.2) is 6.61 Å². The van der Waals surface area contributed by atoms with E-state index >= 15 is 0 Å². The van der Waals surface area contributed by atoms with E-state index < -0.39 is 11.6 Å². The van der Waals surface area contributed by atoms with E-state index in [0.717, 1.165) is 11.5 Å². The van der Waals surface area contributed by atoms with E-state index in [-0.39, 0.29) is 11.3 Å². The van der Waals surface area contributed by atoms with Crippen molar-refractivity contribution in [2.75, 3.05) is 6.61 Å². The summed E-state index contributed by atoms with van der Waals surface area (Å²) in [7, 11) is 0. The smallest absolute Gasteiger partial charge is 0.201 e. The lowest BCUT2D eigenvalue weighted by Crippen LogP contribution is -2.13. The van der Waals surface area contributed by atoms with Crippen LogP contribution in [0.15, 0.2) is 43.0 Å². The van der Waals surface area contributed by atoms with Crippen LogP contribution in [0.25, 0.3) is 5.57 Å². The Morgan fingerprint density at radius 1 is 0.964 bits per heavy atom.